The molecule has 0 aliphatic heterocycles. The number of rotatable bonds is 0. The zero-order valence-corrected chi connectivity index (χ0v) is 7.52. The molecule has 2 aliphatic rings. The molecule has 0 heteroatoms. The van der Waals surface area contributed by atoms with Crippen molar-refractivity contribution < 1.29 is 0 Å². The number of hydrogen-bond donors (Lipinski definition) is 0. The smallest absolute Gasteiger partial charge is 0.0383 e. The zero-order valence-electron chi connectivity index (χ0n) is 7.52. The molecule has 2 aliphatic carbocycles. The summed E-state index contributed by atoms with van der Waals surface area (Å²) in [6.45, 7) is 0. The first-order valence-corrected chi connectivity index (χ1v) is 5.47. The van der Waals surface area contributed by atoms with Gasteiger partial charge in [-0.3, -0.25) is 0 Å². The van der Waals surface area contributed by atoms with E-state index in [-0.39, 0.29) is 0 Å². The molecule has 0 heterocycles. The Labute approximate surface area is 70.4 Å². The van der Waals surface area contributed by atoms with Crippen LogP contribution in [-0.2, 0) is 0 Å². The van der Waals surface area contributed by atoms with Crippen molar-refractivity contribution in [3.8, 4) is 0 Å². The fraction of sp³-hybridized carbons (Fsp3) is 1.00. The van der Waals surface area contributed by atoms with Gasteiger partial charge in [0, 0.05) is 0 Å². The maximum absolute atomic E-state index is 1.58. The highest BCUT2D eigenvalue weighted by molar-refractivity contribution is 4.85. The fourth-order valence-corrected chi connectivity index (χ4v) is 2.54. The molecule has 2 fully saturated rings. The van der Waals surface area contributed by atoms with Crippen LogP contribution in [0.4, 0.5) is 0 Å². The third kappa shape index (κ3) is 2.21. The van der Waals surface area contributed by atoms with Gasteiger partial charge in [0.15, 0.2) is 0 Å². The maximum atomic E-state index is 1.58. The van der Waals surface area contributed by atoms with Gasteiger partial charge in [0.05, 0.1) is 0 Å². The minimum atomic E-state index is 1.17. The van der Waals surface area contributed by atoms with E-state index >= 15 is 0 Å². The van der Waals surface area contributed by atoms with Crippen LogP contribution in [0.3, 0.4) is 0 Å². The van der Waals surface area contributed by atoms with E-state index in [9.17, 15) is 0 Å². The van der Waals surface area contributed by atoms with E-state index in [1.54, 1.807) is 19.3 Å². The van der Waals surface area contributed by atoms with Crippen molar-refractivity contribution in [2.45, 2.75) is 57.8 Å². The van der Waals surface area contributed by atoms with Gasteiger partial charge in [-0.25, -0.2) is 0 Å². The highest BCUT2D eigenvalue weighted by atomic mass is 14.4. The monoisotopic (exact) mass is 152 g/mol. The molecule has 0 aromatic rings. The normalized spacial score (nSPS) is 39.3. The Morgan fingerprint density at radius 3 is 1.55 bits per heavy atom. The van der Waals surface area contributed by atoms with E-state index in [1.165, 1.54) is 50.4 Å². The van der Waals surface area contributed by atoms with Gasteiger partial charge in [-0.2, -0.15) is 0 Å². The van der Waals surface area contributed by atoms with Gasteiger partial charge in [-0.1, -0.05) is 51.4 Å². The summed E-state index contributed by atoms with van der Waals surface area (Å²) < 4.78 is 0. The van der Waals surface area contributed by atoms with Crippen LogP contribution in [0.25, 0.3) is 0 Å². The lowest BCUT2D eigenvalue weighted by atomic mass is 10.0. The third-order valence-corrected chi connectivity index (χ3v) is 3.47. The average Bonchev–Trinajstić information content (AvgIpc) is 2.76. The van der Waals surface area contributed by atoms with Gasteiger partial charge in [0.2, 0.25) is 0 Å². The summed E-state index contributed by atoms with van der Waals surface area (Å²) in [5, 5.41) is 0. The van der Waals surface area contributed by atoms with Gasteiger partial charge in [0.25, 0.3) is 0 Å². The molecular weight excluding hydrogens is 132 g/mol. The lowest BCUT2D eigenvalue weighted by molar-refractivity contribution is 0.489. The molecule has 2 rings (SSSR count). The zero-order chi connectivity index (χ0) is 7.52. The quantitative estimate of drug-likeness (QED) is 0.496. The lowest BCUT2D eigenvalue weighted by Gasteiger charge is -2.05. The molecule has 0 aromatic heterocycles. The molecule has 0 unspecified atom stereocenters. The second-order valence-corrected chi connectivity index (χ2v) is 4.45. The first-order valence-electron chi connectivity index (χ1n) is 5.47. The molecule has 0 radical (unpaired) electrons. The van der Waals surface area contributed by atoms with E-state index < -0.39 is 0 Å². The summed E-state index contributed by atoms with van der Waals surface area (Å²) in [6.07, 6.45) is 13.8. The molecule has 0 bridgehead atoms. The molecule has 11 heavy (non-hydrogen) atoms. The molecule has 0 spiro atoms. The summed E-state index contributed by atoms with van der Waals surface area (Å²) in [6, 6.07) is 0. The van der Waals surface area contributed by atoms with Gasteiger partial charge >= 0.3 is 0 Å². The van der Waals surface area contributed by atoms with E-state index in [2.05, 4.69) is 0 Å². The molecular formula is C11H20. The van der Waals surface area contributed by atoms with Gasteiger partial charge in [-0.15, -0.1) is 0 Å². The second kappa shape index (κ2) is 3.60. The van der Waals surface area contributed by atoms with Crippen molar-refractivity contribution in [3.63, 3.8) is 0 Å². The van der Waals surface area contributed by atoms with Crippen molar-refractivity contribution in [3.05, 3.63) is 0 Å². The van der Waals surface area contributed by atoms with Crippen LogP contribution >= 0.6 is 0 Å². The molecule has 0 amide bonds. The molecule has 2 atom stereocenters. The van der Waals surface area contributed by atoms with Crippen molar-refractivity contribution >= 4 is 0 Å². The number of hydrogen-bond acceptors (Lipinski definition) is 0. The molecule has 0 aromatic carbocycles. The Bertz CT molecular complexity index is 103. The van der Waals surface area contributed by atoms with Crippen LogP contribution in [0, 0.1) is 11.8 Å². The van der Waals surface area contributed by atoms with Gasteiger partial charge < -0.3 is 0 Å². The predicted octanol–water partition coefficient (Wildman–Crippen LogP) is 3.76. The summed E-state index contributed by atoms with van der Waals surface area (Å²) in [5.74, 6) is 2.35. The topological polar surface area (TPSA) is 0 Å². The second-order valence-electron chi connectivity index (χ2n) is 4.45. The van der Waals surface area contributed by atoms with Crippen molar-refractivity contribution in [1.29, 1.82) is 0 Å². The van der Waals surface area contributed by atoms with Crippen LogP contribution in [-0.4, -0.2) is 0 Å². The van der Waals surface area contributed by atoms with E-state index in [1.807, 2.05) is 0 Å². The Kier molecular flexibility index (Phi) is 2.50. The first kappa shape index (κ1) is 7.64. The van der Waals surface area contributed by atoms with Crippen molar-refractivity contribution in [2.75, 3.05) is 0 Å². The fourth-order valence-electron chi connectivity index (χ4n) is 2.54. The molecule has 0 N–H and O–H groups in total. The Hall–Kier alpha value is 0. The first-order chi connectivity index (χ1) is 5.47. The molecule has 64 valence electrons. The van der Waals surface area contributed by atoms with Crippen LogP contribution in [0.1, 0.15) is 57.8 Å². The lowest BCUT2D eigenvalue weighted by Crippen LogP contribution is -1.89. The standard InChI is InChI=1S/C11H20/c1-2-4-6-8-11-9-10(11)7-5-3-1/h10-11H,1-9H2/t10-,11-/m0/s1. The Balaban J connectivity index is 1.72. The largest absolute Gasteiger partial charge is 0.0533 e. The molecule has 0 nitrogen and oxygen atoms in total. The van der Waals surface area contributed by atoms with Gasteiger partial charge in [0.1, 0.15) is 0 Å². The van der Waals surface area contributed by atoms with E-state index in [0.717, 1.165) is 0 Å². The van der Waals surface area contributed by atoms with Crippen LogP contribution in [0.5, 0.6) is 0 Å². The maximum Gasteiger partial charge on any atom is -0.0383 e. The van der Waals surface area contributed by atoms with Crippen LogP contribution < -0.4 is 0 Å². The van der Waals surface area contributed by atoms with Crippen LogP contribution in [0.2, 0.25) is 0 Å². The van der Waals surface area contributed by atoms with Crippen LogP contribution in [0.15, 0.2) is 0 Å². The Morgan fingerprint density at radius 1 is 0.545 bits per heavy atom. The SMILES string of the molecule is C1CCCC[C@H]2C[C@@H]2CCC1. The van der Waals surface area contributed by atoms with Gasteiger partial charge in [-0.05, 0) is 18.3 Å². The molecule has 2 saturated carbocycles. The summed E-state index contributed by atoms with van der Waals surface area (Å²) >= 11 is 0. The highest BCUT2D eigenvalue weighted by Gasteiger charge is 2.35. The average molecular weight is 152 g/mol. The third-order valence-electron chi connectivity index (χ3n) is 3.47. The summed E-state index contributed by atoms with van der Waals surface area (Å²) in [7, 11) is 0. The number of fused-ring (bicyclic) bond motifs is 1. The van der Waals surface area contributed by atoms with Crippen molar-refractivity contribution in [2.24, 2.45) is 11.8 Å². The molecule has 0 saturated heterocycles. The van der Waals surface area contributed by atoms with Crippen molar-refractivity contribution in [1.82, 2.24) is 0 Å². The summed E-state index contributed by atoms with van der Waals surface area (Å²) in [5.41, 5.74) is 0. The predicted molar refractivity (Wildman–Crippen MR) is 48.5 cm³/mol. The minimum Gasteiger partial charge on any atom is -0.0533 e. The highest BCUT2D eigenvalue weighted by Crippen LogP contribution is 2.46. The van der Waals surface area contributed by atoms with E-state index in [0.29, 0.717) is 0 Å². The van der Waals surface area contributed by atoms with E-state index in [4.69, 9.17) is 0 Å². The summed E-state index contributed by atoms with van der Waals surface area (Å²) in [4.78, 5) is 0. The Morgan fingerprint density at radius 2 is 1.00 bits per heavy atom. The minimum absolute atomic E-state index is 1.17.